The highest BCUT2D eigenvalue weighted by molar-refractivity contribution is 7.89. The zero-order chi connectivity index (χ0) is 15.6. The molecule has 0 spiro atoms. The number of nitrogens with zero attached hydrogens (tertiary/aromatic N) is 2. The van der Waals surface area contributed by atoms with Crippen LogP contribution in [0.25, 0.3) is 0 Å². The summed E-state index contributed by atoms with van der Waals surface area (Å²) >= 11 is 0. The maximum atomic E-state index is 12.4. The first-order chi connectivity index (χ1) is 9.83. The van der Waals surface area contributed by atoms with Crippen molar-refractivity contribution in [1.29, 1.82) is 0 Å². The Bertz CT molecular complexity index is 750. The zero-order valence-corrected chi connectivity index (χ0v) is 13.2. The van der Waals surface area contributed by atoms with Crippen LogP contribution in [0.1, 0.15) is 22.4 Å². The zero-order valence-electron chi connectivity index (χ0n) is 12.4. The van der Waals surface area contributed by atoms with Gasteiger partial charge in [0, 0.05) is 31.9 Å². The first-order valence-electron chi connectivity index (χ1n) is 6.62. The van der Waals surface area contributed by atoms with E-state index in [9.17, 15) is 8.42 Å². The second-order valence-corrected chi connectivity index (χ2v) is 6.78. The van der Waals surface area contributed by atoms with Crippen LogP contribution in [0.5, 0.6) is 0 Å². The first kappa shape index (κ1) is 15.7. The molecule has 114 valence electrons. The molecule has 0 amide bonds. The van der Waals surface area contributed by atoms with E-state index in [0.29, 0.717) is 12.1 Å². The normalized spacial score (nSPS) is 11.8. The summed E-state index contributed by atoms with van der Waals surface area (Å²) in [6.45, 7) is 4.15. The summed E-state index contributed by atoms with van der Waals surface area (Å²) in [7, 11) is -1.77. The lowest BCUT2D eigenvalue weighted by Gasteiger charge is -2.10. The van der Waals surface area contributed by atoms with E-state index in [0.717, 1.165) is 16.8 Å². The number of hydrogen-bond donors (Lipinski definition) is 2. The molecule has 1 aromatic carbocycles. The van der Waals surface area contributed by atoms with Gasteiger partial charge in [0.1, 0.15) is 0 Å². The molecule has 21 heavy (non-hydrogen) atoms. The second-order valence-electron chi connectivity index (χ2n) is 5.04. The number of hydrogen-bond acceptors (Lipinski definition) is 4. The third-order valence-corrected chi connectivity index (χ3v) is 4.89. The van der Waals surface area contributed by atoms with Crippen LogP contribution in [0.15, 0.2) is 29.3 Å². The van der Waals surface area contributed by atoms with Crippen LogP contribution in [-0.2, 0) is 30.2 Å². The van der Waals surface area contributed by atoms with Crippen molar-refractivity contribution in [3.05, 3.63) is 46.8 Å². The topological polar surface area (TPSA) is 90.0 Å². The molecule has 6 nitrogen and oxygen atoms in total. The smallest absolute Gasteiger partial charge is 0.241 e. The van der Waals surface area contributed by atoms with Gasteiger partial charge in [0.15, 0.2) is 0 Å². The minimum Gasteiger partial charge on any atom is -0.326 e. The minimum absolute atomic E-state index is 0.217. The average Bonchev–Trinajstić information content (AvgIpc) is 2.75. The number of sulfonamides is 1. The maximum absolute atomic E-state index is 12.4. The highest BCUT2D eigenvalue weighted by atomic mass is 32.2. The molecule has 0 atom stereocenters. The largest absolute Gasteiger partial charge is 0.326 e. The maximum Gasteiger partial charge on any atom is 0.241 e. The van der Waals surface area contributed by atoms with Gasteiger partial charge in [-0.1, -0.05) is 12.1 Å². The van der Waals surface area contributed by atoms with Crippen molar-refractivity contribution in [2.24, 2.45) is 12.8 Å². The van der Waals surface area contributed by atoms with Crippen LogP contribution in [0.4, 0.5) is 0 Å². The van der Waals surface area contributed by atoms with Gasteiger partial charge in [-0.3, -0.25) is 4.68 Å². The molecular formula is C14H20N4O2S. The summed E-state index contributed by atoms with van der Waals surface area (Å²) in [5.74, 6) is 0. The van der Waals surface area contributed by atoms with Gasteiger partial charge >= 0.3 is 0 Å². The SMILES string of the molecule is Cc1ccc(CN)cc1S(=O)(=O)NCc1cn(C)nc1C. The first-order valence-corrected chi connectivity index (χ1v) is 8.10. The van der Waals surface area contributed by atoms with Gasteiger partial charge in [-0.2, -0.15) is 5.10 Å². The summed E-state index contributed by atoms with van der Waals surface area (Å²) < 4.78 is 29.1. The van der Waals surface area contributed by atoms with Crippen LogP contribution in [0.3, 0.4) is 0 Å². The van der Waals surface area contributed by atoms with E-state index in [2.05, 4.69) is 9.82 Å². The fourth-order valence-corrected chi connectivity index (χ4v) is 3.43. The minimum atomic E-state index is -3.57. The number of rotatable bonds is 5. The van der Waals surface area contributed by atoms with Crippen molar-refractivity contribution in [2.45, 2.75) is 31.8 Å². The van der Waals surface area contributed by atoms with Crippen LogP contribution < -0.4 is 10.5 Å². The van der Waals surface area contributed by atoms with Crippen molar-refractivity contribution < 1.29 is 8.42 Å². The van der Waals surface area contributed by atoms with E-state index in [4.69, 9.17) is 5.73 Å². The molecule has 0 radical (unpaired) electrons. The van der Waals surface area contributed by atoms with E-state index in [1.165, 1.54) is 0 Å². The van der Waals surface area contributed by atoms with E-state index >= 15 is 0 Å². The lowest BCUT2D eigenvalue weighted by molar-refractivity contribution is 0.580. The summed E-state index contributed by atoms with van der Waals surface area (Å²) in [5, 5.41) is 4.19. The Morgan fingerprint density at radius 2 is 2.05 bits per heavy atom. The van der Waals surface area contributed by atoms with Gasteiger partial charge < -0.3 is 5.73 Å². The molecule has 0 fully saturated rings. The van der Waals surface area contributed by atoms with Gasteiger partial charge in [0.2, 0.25) is 10.0 Å². The Balaban J connectivity index is 2.24. The number of benzene rings is 1. The Kier molecular flexibility index (Phi) is 4.46. The Morgan fingerprint density at radius 1 is 1.33 bits per heavy atom. The van der Waals surface area contributed by atoms with Crippen molar-refractivity contribution >= 4 is 10.0 Å². The van der Waals surface area contributed by atoms with E-state index in [1.54, 1.807) is 37.0 Å². The average molecular weight is 308 g/mol. The van der Waals surface area contributed by atoms with Crippen molar-refractivity contribution in [2.75, 3.05) is 0 Å². The molecular weight excluding hydrogens is 288 g/mol. The number of nitrogens with one attached hydrogen (secondary N) is 1. The Labute approximate surface area is 125 Å². The quantitative estimate of drug-likeness (QED) is 0.861. The number of aryl methyl sites for hydroxylation is 3. The van der Waals surface area contributed by atoms with Crippen molar-refractivity contribution in [3.8, 4) is 0 Å². The van der Waals surface area contributed by atoms with Crippen LogP contribution in [-0.4, -0.2) is 18.2 Å². The molecule has 3 N–H and O–H groups in total. The van der Waals surface area contributed by atoms with Crippen LogP contribution in [0, 0.1) is 13.8 Å². The van der Waals surface area contributed by atoms with Gasteiger partial charge in [0.25, 0.3) is 0 Å². The molecule has 0 aliphatic heterocycles. The summed E-state index contributed by atoms with van der Waals surface area (Å²) in [5.41, 5.74) is 8.73. The lowest BCUT2D eigenvalue weighted by Crippen LogP contribution is -2.24. The highest BCUT2D eigenvalue weighted by Gasteiger charge is 2.17. The molecule has 0 saturated carbocycles. The summed E-state index contributed by atoms with van der Waals surface area (Å²) in [4.78, 5) is 0.270. The monoisotopic (exact) mass is 308 g/mol. The van der Waals surface area contributed by atoms with Gasteiger partial charge in [-0.25, -0.2) is 13.1 Å². The van der Waals surface area contributed by atoms with E-state index in [1.807, 2.05) is 13.0 Å². The molecule has 0 bridgehead atoms. The number of aromatic nitrogens is 2. The van der Waals surface area contributed by atoms with E-state index in [-0.39, 0.29) is 11.4 Å². The molecule has 2 aromatic rings. The predicted molar refractivity (Wildman–Crippen MR) is 81.0 cm³/mol. The third-order valence-electron chi connectivity index (χ3n) is 3.35. The highest BCUT2D eigenvalue weighted by Crippen LogP contribution is 2.17. The Hall–Kier alpha value is -1.70. The standard InChI is InChI=1S/C14H20N4O2S/c1-10-4-5-12(7-15)6-14(10)21(19,20)16-8-13-9-18(3)17-11(13)2/h4-6,9,16H,7-8,15H2,1-3H3. The van der Waals surface area contributed by atoms with Crippen molar-refractivity contribution in [1.82, 2.24) is 14.5 Å². The van der Waals surface area contributed by atoms with Crippen LogP contribution >= 0.6 is 0 Å². The second kappa shape index (κ2) is 5.97. The Morgan fingerprint density at radius 3 is 2.62 bits per heavy atom. The van der Waals surface area contributed by atoms with Gasteiger partial charge in [0.05, 0.1) is 10.6 Å². The lowest BCUT2D eigenvalue weighted by atomic mass is 10.1. The predicted octanol–water partition coefficient (Wildman–Crippen LogP) is 0.974. The fraction of sp³-hybridized carbons (Fsp3) is 0.357. The molecule has 0 saturated heterocycles. The van der Waals surface area contributed by atoms with E-state index < -0.39 is 10.0 Å². The number of nitrogens with two attached hydrogens (primary N) is 1. The van der Waals surface area contributed by atoms with Gasteiger partial charge in [-0.05, 0) is 31.0 Å². The molecule has 0 aliphatic carbocycles. The van der Waals surface area contributed by atoms with Crippen LogP contribution in [0.2, 0.25) is 0 Å². The fourth-order valence-electron chi connectivity index (χ4n) is 2.13. The molecule has 7 heteroatoms. The summed E-state index contributed by atoms with van der Waals surface area (Å²) in [6.07, 6.45) is 1.81. The molecule has 1 aromatic heterocycles. The third kappa shape index (κ3) is 3.49. The molecule has 2 rings (SSSR count). The molecule has 1 heterocycles. The summed E-state index contributed by atoms with van der Waals surface area (Å²) in [6, 6.07) is 5.22. The molecule has 0 unspecified atom stereocenters. The van der Waals surface area contributed by atoms with Crippen molar-refractivity contribution in [3.63, 3.8) is 0 Å². The molecule has 0 aliphatic rings. The van der Waals surface area contributed by atoms with Gasteiger partial charge in [-0.15, -0.1) is 0 Å².